The smallest absolute Gasteiger partial charge is 0.0796 e. The highest BCUT2D eigenvalue weighted by Crippen LogP contribution is 2.32. The van der Waals surface area contributed by atoms with Crippen LogP contribution in [0.1, 0.15) is 63.0 Å². The zero-order valence-corrected chi connectivity index (χ0v) is 14.5. The summed E-state index contributed by atoms with van der Waals surface area (Å²) in [6.07, 6.45) is 1.25. The largest absolute Gasteiger partial charge is 0.374 e. The fourth-order valence-electron chi connectivity index (χ4n) is 2.84. The lowest BCUT2D eigenvalue weighted by Gasteiger charge is -2.27. The molecule has 1 unspecified atom stereocenters. The standard InChI is InChI=1S/C21H28O/c1-6-17-8-12-19(13-9-17)21(4,5)20-14-10-18(11-15-20)16(3)22-7-2/h8-16H,6-7H2,1-5H3. The van der Waals surface area contributed by atoms with E-state index < -0.39 is 0 Å². The second-order valence-electron chi connectivity index (χ2n) is 6.40. The van der Waals surface area contributed by atoms with Crippen LogP contribution in [0.2, 0.25) is 0 Å². The van der Waals surface area contributed by atoms with Crippen LogP contribution in [0.25, 0.3) is 0 Å². The van der Waals surface area contributed by atoms with Gasteiger partial charge in [0, 0.05) is 12.0 Å². The first-order chi connectivity index (χ1) is 10.5. The van der Waals surface area contributed by atoms with Gasteiger partial charge in [0.25, 0.3) is 0 Å². The SMILES string of the molecule is CCOC(C)c1ccc(C(C)(C)c2ccc(CC)cc2)cc1. The molecule has 0 saturated heterocycles. The van der Waals surface area contributed by atoms with E-state index >= 15 is 0 Å². The van der Waals surface area contributed by atoms with E-state index in [4.69, 9.17) is 4.74 Å². The van der Waals surface area contributed by atoms with Gasteiger partial charge in [0.2, 0.25) is 0 Å². The highest BCUT2D eigenvalue weighted by Gasteiger charge is 2.23. The van der Waals surface area contributed by atoms with Gasteiger partial charge in [-0.25, -0.2) is 0 Å². The Balaban J connectivity index is 2.24. The Morgan fingerprint density at radius 3 is 1.82 bits per heavy atom. The van der Waals surface area contributed by atoms with Crippen LogP contribution in [-0.2, 0) is 16.6 Å². The highest BCUT2D eigenvalue weighted by molar-refractivity contribution is 5.40. The molecule has 0 aliphatic rings. The predicted octanol–water partition coefficient (Wildman–Crippen LogP) is 5.67. The second kappa shape index (κ2) is 7.11. The molecule has 0 aliphatic heterocycles. The number of rotatable bonds is 6. The summed E-state index contributed by atoms with van der Waals surface area (Å²) in [5.41, 5.74) is 5.34. The van der Waals surface area contributed by atoms with Gasteiger partial charge in [-0.2, -0.15) is 0 Å². The molecule has 118 valence electrons. The Hall–Kier alpha value is -1.60. The van der Waals surface area contributed by atoms with Crippen molar-refractivity contribution in [2.45, 2.75) is 52.6 Å². The third-order valence-corrected chi connectivity index (χ3v) is 4.60. The van der Waals surface area contributed by atoms with Crippen molar-refractivity contribution in [1.82, 2.24) is 0 Å². The minimum atomic E-state index is 0.0135. The fourth-order valence-corrected chi connectivity index (χ4v) is 2.84. The lowest BCUT2D eigenvalue weighted by Crippen LogP contribution is -2.19. The molecule has 0 amide bonds. The van der Waals surface area contributed by atoms with Crippen LogP contribution in [-0.4, -0.2) is 6.61 Å². The summed E-state index contributed by atoms with van der Waals surface area (Å²) in [7, 11) is 0. The first kappa shape index (κ1) is 16.8. The molecule has 0 aromatic heterocycles. The van der Waals surface area contributed by atoms with Crippen molar-refractivity contribution in [1.29, 1.82) is 0 Å². The minimum Gasteiger partial charge on any atom is -0.374 e. The van der Waals surface area contributed by atoms with Gasteiger partial charge < -0.3 is 4.74 Å². The first-order valence-corrected chi connectivity index (χ1v) is 8.30. The van der Waals surface area contributed by atoms with E-state index in [0.29, 0.717) is 0 Å². The molecule has 1 nitrogen and oxygen atoms in total. The molecule has 0 radical (unpaired) electrons. The molecule has 0 aliphatic carbocycles. The molecule has 0 N–H and O–H groups in total. The summed E-state index contributed by atoms with van der Waals surface area (Å²) in [5, 5.41) is 0. The van der Waals surface area contributed by atoms with Gasteiger partial charge in [0.05, 0.1) is 6.10 Å². The van der Waals surface area contributed by atoms with Gasteiger partial charge in [-0.05, 0) is 42.5 Å². The lowest BCUT2D eigenvalue weighted by molar-refractivity contribution is 0.0764. The average molecular weight is 296 g/mol. The van der Waals surface area contributed by atoms with E-state index in [1.54, 1.807) is 0 Å². The third-order valence-electron chi connectivity index (χ3n) is 4.60. The van der Waals surface area contributed by atoms with E-state index in [2.05, 4.69) is 76.2 Å². The molecule has 0 bridgehead atoms. The maximum Gasteiger partial charge on any atom is 0.0796 e. The van der Waals surface area contributed by atoms with E-state index in [1.165, 1.54) is 22.3 Å². The molecule has 2 aromatic rings. The van der Waals surface area contributed by atoms with Crippen molar-refractivity contribution in [3.8, 4) is 0 Å². The molecular formula is C21H28O. The van der Waals surface area contributed by atoms with Gasteiger partial charge in [-0.3, -0.25) is 0 Å². The van der Waals surface area contributed by atoms with E-state index in [-0.39, 0.29) is 11.5 Å². The van der Waals surface area contributed by atoms with Crippen molar-refractivity contribution in [2.75, 3.05) is 6.61 Å². The molecule has 1 heteroatoms. The number of hydrogen-bond donors (Lipinski definition) is 0. The fraction of sp³-hybridized carbons (Fsp3) is 0.429. The average Bonchev–Trinajstić information content (AvgIpc) is 2.55. The van der Waals surface area contributed by atoms with E-state index in [9.17, 15) is 0 Å². The summed E-state index contributed by atoms with van der Waals surface area (Å²) in [6, 6.07) is 17.9. The molecule has 22 heavy (non-hydrogen) atoms. The van der Waals surface area contributed by atoms with Gasteiger partial charge >= 0.3 is 0 Å². The van der Waals surface area contributed by atoms with Crippen LogP contribution < -0.4 is 0 Å². The van der Waals surface area contributed by atoms with Crippen LogP contribution in [0.5, 0.6) is 0 Å². The predicted molar refractivity (Wildman–Crippen MR) is 94.4 cm³/mol. The molecule has 0 saturated carbocycles. The lowest BCUT2D eigenvalue weighted by atomic mass is 9.77. The zero-order valence-electron chi connectivity index (χ0n) is 14.5. The van der Waals surface area contributed by atoms with Crippen molar-refractivity contribution < 1.29 is 4.74 Å². The molecule has 0 fully saturated rings. The normalized spacial score (nSPS) is 13.1. The zero-order chi connectivity index (χ0) is 16.2. The number of benzene rings is 2. The number of hydrogen-bond acceptors (Lipinski definition) is 1. The summed E-state index contributed by atoms with van der Waals surface area (Å²) in [4.78, 5) is 0. The molecule has 2 rings (SSSR count). The summed E-state index contributed by atoms with van der Waals surface area (Å²) in [5.74, 6) is 0. The quantitative estimate of drug-likeness (QED) is 0.667. The van der Waals surface area contributed by atoms with Crippen molar-refractivity contribution >= 4 is 0 Å². The maximum atomic E-state index is 5.66. The van der Waals surface area contributed by atoms with Crippen LogP contribution in [0.15, 0.2) is 48.5 Å². The van der Waals surface area contributed by atoms with Crippen LogP contribution >= 0.6 is 0 Å². The maximum absolute atomic E-state index is 5.66. The number of ether oxygens (including phenoxy) is 1. The van der Waals surface area contributed by atoms with Crippen LogP contribution in [0.3, 0.4) is 0 Å². The molecule has 0 heterocycles. The Morgan fingerprint density at radius 1 is 0.864 bits per heavy atom. The van der Waals surface area contributed by atoms with E-state index in [1.807, 2.05) is 6.92 Å². The molecule has 2 aromatic carbocycles. The Labute approximate surface area is 135 Å². The van der Waals surface area contributed by atoms with Crippen LogP contribution in [0.4, 0.5) is 0 Å². The topological polar surface area (TPSA) is 9.23 Å². The van der Waals surface area contributed by atoms with E-state index in [0.717, 1.165) is 13.0 Å². The Morgan fingerprint density at radius 2 is 1.36 bits per heavy atom. The summed E-state index contributed by atoms with van der Waals surface area (Å²) >= 11 is 0. The van der Waals surface area contributed by atoms with Crippen molar-refractivity contribution in [3.05, 3.63) is 70.8 Å². The molecular weight excluding hydrogens is 268 g/mol. The van der Waals surface area contributed by atoms with Crippen LogP contribution in [0, 0.1) is 0 Å². The number of aryl methyl sites for hydroxylation is 1. The molecule has 0 spiro atoms. The monoisotopic (exact) mass is 296 g/mol. The first-order valence-electron chi connectivity index (χ1n) is 8.30. The Bertz CT molecular complexity index is 578. The second-order valence-corrected chi connectivity index (χ2v) is 6.40. The highest BCUT2D eigenvalue weighted by atomic mass is 16.5. The van der Waals surface area contributed by atoms with Crippen molar-refractivity contribution in [2.24, 2.45) is 0 Å². The van der Waals surface area contributed by atoms with Gasteiger partial charge in [0.15, 0.2) is 0 Å². The summed E-state index contributed by atoms with van der Waals surface area (Å²) < 4.78 is 5.66. The van der Waals surface area contributed by atoms with Gasteiger partial charge in [-0.1, -0.05) is 69.3 Å². The van der Waals surface area contributed by atoms with Gasteiger partial charge in [-0.15, -0.1) is 0 Å². The minimum absolute atomic E-state index is 0.0135. The van der Waals surface area contributed by atoms with Gasteiger partial charge in [0.1, 0.15) is 0 Å². The Kier molecular flexibility index (Phi) is 5.42. The summed E-state index contributed by atoms with van der Waals surface area (Å²) in [6.45, 7) is 11.7. The molecule has 1 atom stereocenters. The third kappa shape index (κ3) is 3.59. The van der Waals surface area contributed by atoms with Crippen molar-refractivity contribution in [3.63, 3.8) is 0 Å².